The molecule has 1 N–H and O–H groups in total. The molecule has 4 rings (SSSR count). The zero-order chi connectivity index (χ0) is 18.8. The highest BCUT2D eigenvalue weighted by atomic mass is 32.1. The molecule has 0 saturated heterocycles. The summed E-state index contributed by atoms with van der Waals surface area (Å²) in [6, 6.07) is 18.5. The lowest BCUT2D eigenvalue weighted by Gasteiger charge is -2.11. The Morgan fingerprint density at radius 1 is 1.07 bits per heavy atom. The van der Waals surface area contributed by atoms with Gasteiger partial charge in [0.1, 0.15) is 11.5 Å². The first-order valence-corrected chi connectivity index (χ1v) is 9.63. The molecule has 0 aliphatic heterocycles. The molecule has 5 heteroatoms. The first-order valence-electron chi connectivity index (χ1n) is 8.75. The van der Waals surface area contributed by atoms with E-state index < -0.39 is 0 Å². The van der Waals surface area contributed by atoms with Gasteiger partial charge in [0.2, 0.25) is 0 Å². The number of carbonyl (C=O) groups is 1. The number of rotatable bonds is 5. The molecule has 0 radical (unpaired) electrons. The number of amides is 1. The van der Waals surface area contributed by atoms with E-state index in [9.17, 15) is 9.18 Å². The molecule has 0 aliphatic carbocycles. The van der Waals surface area contributed by atoms with E-state index in [2.05, 4.69) is 5.32 Å². The third-order valence-corrected chi connectivity index (χ3v) is 5.41. The molecule has 0 unspecified atom stereocenters. The lowest BCUT2D eigenvalue weighted by Crippen LogP contribution is -2.25. The van der Waals surface area contributed by atoms with Crippen LogP contribution in [0.25, 0.3) is 10.2 Å². The summed E-state index contributed by atoms with van der Waals surface area (Å²) in [5, 5.41) is 4.99. The predicted molar refractivity (Wildman–Crippen MR) is 108 cm³/mol. The maximum absolute atomic E-state index is 13.6. The monoisotopic (exact) mass is 378 g/mol. The topological polar surface area (TPSA) is 34.0 Å². The Morgan fingerprint density at radius 2 is 1.89 bits per heavy atom. The van der Waals surface area contributed by atoms with Gasteiger partial charge in [-0.15, -0.1) is 11.3 Å². The maximum Gasteiger partial charge on any atom is 0.268 e. The molecule has 0 atom stereocenters. The number of nitrogens with one attached hydrogen (secondary N) is 1. The number of benzene rings is 2. The van der Waals surface area contributed by atoms with Crippen LogP contribution in [0.15, 0.2) is 66.0 Å². The Balaban J connectivity index is 1.59. The van der Waals surface area contributed by atoms with Gasteiger partial charge in [-0.2, -0.15) is 0 Å². The summed E-state index contributed by atoms with van der Waals surface area (Å²) < 4.78 is 16.6. The van der Waals surface area contributed by atoms with Crippen molar-refractivity contribution >= 4 is 27.5 Å². The van der Waals surface area contributed by atoms with Gasteiger partial charge in [0.25, 0.3) is 5.91 Å². The first kappa shape index (κ1) is 17.5. The first-order chi connectivity index (χ1) is 13.1. The third kappa shape index (κ3) is 3.78. The fourth-order valence-corrected chi connectivity index (χ4v) is 3.95. The number of fused-ring (bicyclic) bond motifs is 1. The summed E-state index contributed by atoms with van der Waals surface area (Å²) in [6.07, 6.45) is 0. The van der Waals surface area contributed by atoms with Crippen LogP contribution in [0.1, 0.15) is 27.2 Å². The normalized spacial score (nSPS) is 11.0. The molecule has 2 aromatic heterocycles. The van der Waals surface area contributed by atoms with Crippen molar-refractivity contribution in [3.05, 3.63) is 94.2 Å². The van der Waals surface area contributed by atoms with Crippen LogP contribution in [0.3, 0.4) is 0 Å². The Morgan fingerprint density at radius 3 is 2.67 bits per heavy atom. The molecule has 0 fully saturated rings. The van der Waals surface area contributed by atoms with Gasteiger partial charge in [-0.3, -0.25) is 4.79 Å². The van der Waals surface area contributed by atoms with E-state index in [-0.39, 0.29) is 11.7 Å². The van der Waals surface area contributed by atoms with E-state index >= 15 is 0 Å². The van der Waals surface area contributed by atoms with Gasteiger partial charge < -0.3 is 9.88 Å². The Kier molecular flexibility index (Phi) is 4.77. The molecule has 0 spiro atoms. The van der Waals surface area contributed by atoms with Crippen LogP contribution in [0.2, 0.25) is 0 Å². The van der Waals surface area contributed by atoms with E-state index in [4.69, 9.17) is 0 Å². The maximum atomic E-state index is 13.6. The van der Waals surface area contributed by atoms with Gasteiger partial charge in [0.05, 0.1) is 10.2 Å². The van der Waals surface area contributed by atoms with Gasteiger partial charge in [-0.1, -0.05) is 42.0 Å². The van der Waals surface area contributed by atoms with Gasteiger partial charge in [0.15, 0.2) is 0 Å². The summed E-state index contributed by atoms with van der Waals surface area (Å²) in [5.74, 6) is -0.401. The Bertz CT molecular complexity index is 1100. The molecule has 27 heavy (non-hydrogen) atoms. The largest absolute Gasteiger partial charge is 0.347 e. The highest BCUT2D eigenvalue weighted by Gasteiger charge is 2.16. The summed E-state index contributed by atoms with van der Waals surface area (Å²) in [5.41, 5.74) is 4.65. The van der Waals surface area contributed by atoms with Crippen LogP contribution in [0.5, 0.6) is 0 Å². The lowest BCUT2D eigenvalue weighted by atomic mass is 10.1. The number of hydrogen-bond acceptors (Lipinski definition) is 2. The zero-order valence-corrected chi connectivity index (χ0v) is 15.7. The average Bonchev–Trinajstić information content (AvgIpc) is 3.24. The predicted octanol–water partition coefficient (Wildman–Crippen LogP) is 5.13. The SMILES string of the molecule is Cc1ccc(CNC(=O)c2cc3sccc3n2Cc2cccc(F)c2)cc1. The number of halogens is 1. The van der Waals surface area contributed by atoms with E-state index in [0.717, 1.165) is 21.3 Å². The second kappa shape index (κ2) is 7.37. The fourth-order valence-electron chi connectivity index (χ4n) is 3.13. The van der Waals surface area contributed by atoms with E-state index in [1.165, 1.54) is 17.7 Å². The fraction of sp³-hybridized carbons (Fsp3) is 0.136. The van der Waals surface area contributed by atoms with Crippen molar-refractivity contribution in [2.75, 3.05) is 0 Å². The molecule has 2 aromatic carbocycles. The zero-order valence-electron chi connectivity index (χ0n) is 14.9. The van der Waals surface area contributed by atoms with E-state index in [1.54, 1.807) is 17.4 Å². The molecule has 3 nitrogen and oxygen atoms in total. The highest BCUT2D eigenvalue weighted by Crippen LogP contribution is 2.26. The standard InChI is InChI=1S/C22H19FN2OS/c1-15-5-7-16(8-6-15)13-24-22(26)20-12-21-19(9-10-27-21)25(20)14-17-3-2-4-18(23)11-17/h2-12H,13-14H2,1H3,(H,24,26). The van der Waals surface area contributed by atoms with Crippen molar-refractivity contribution in [1.29, 1.82) is 0 Å². The molecule has 1 amide bonds. The number of aromatic nitrogens is 1. The Labute approximate surface area is 161 Å². The van der Waals surface area contributed by atoms with Crippen LogP contribution in [-0.2, 0) is 13.1 Å². The number of thiophene rings is 1. The van der Waals surface area contributed by atoms with Gasteiger partial charge in [-0.05, 0) is 47.7 Å². The summed E-state index contributed by atoms with van der Waals surface area (Å²) >= 11 is 1.59. The van der Waals surface area contributed by atoms with Crippen LogP contribution >= 0.6 is 11.3 Å². The van der Waals surface area contributed by atoms with E-state index in [0.29, 0.717) is 18.8 Å². The third-order valence-electron chi connectivity index (χ3n) is 4.56. The van der Waals surface area contributed by atoms with Gasteiger partial charge >= 0.3 is 0 Å². The van der Waals surface area contributed by atoms with Crippen molar-refractivity contribution in [2.24, 2.45) is 0 Å². The second-order valence-electron chi connectivity index (χ2n) is 6.58. The summed E-state index contributed by atoms with van der Waals surface area (Å²) in [4.78, 5) is 12.8. The van der Waals surface area contributed by atoms with E-state index in [1.807, 2.05) is 59.3 Å². The second-order valence-corrected chi connectivity index (χ2v) is 7.53. The van der Waals surface area contributed by atoms with Crippen LogP contribution in [0.4, 0.5) is 4.39 Å². The molecule has 2 heterocycles. The minimum Gasteiger partial charge on any atom is -0.347 e. The molecular weight excluding hydrogens is 359 g/mol. The number of aryl methyl sites for hydroxylation is 1. The van der Waals surface area contributed by atoms with Crippen LogP contribution < -0.4 is 5.32 Å². The molecule has 0 bridgehead atoms. The van der Waals surface area contributed by atoms with Crippen LogP contribution in [0, 0.1) is 12.7 Å². The number of nitrogens with zero attached hydrogens (tertiary/aromatic N) is 1. The highest BCUT2D eigenvalue weighted by molar-refractivity contribution is 7.17. The van der Waals surface area contributed by atoms with Crippen molar-refractivity contribution in [3.8, 4) is 0 Å². The smallest absolute Gasteiger partial charge is 0.268 e. The van der Waals surface area contributed by atoms with Crippen molar-refractivity contribution in [3.63, 3.8) is 0 Å². The molecule has 4 aromatic rings. The summed E-state index contributed by atoms with van der Waals surface area (Å²) in [6.45, 7) is 2.96. The van der Waals surface area contributed by atoms with Crippen molar-refractivity contribution in [2.45, 2.75) is 20.0 Å². The van der Waals surface area contributed by atoms with Crippen LogP contribution in [-0.4, -0.2) is 10.5 Å². The minimum absolute atomic E-state index is 0.129. The average molecular weight is 378 g/mol. The number of hydrogen-bond donors (Lipinski definition) is 1. The quantitative estimate of drug-likeness (QED) is 0.513. The molecule has 0 saturated carbocycles. The lowest BCUT2D eigenvalue weighted by molar-refractivity contribution is 0.0942. The summed E-state index contributed by atoms with van der Waals surface area (Å²) in [7, 11) is 0. The number of carbonyl (C=O) groups excluding carboxylic acids is 1. The molecular formula is C22H19FN2OS. The van der Waals surface area contributed by atoms with Crippen molar-refractivity contribution < 1.29 is 9.18 Å². The minimum atomic E-state index is -0.272. The van der Waals surface area contributed by atoms with Crippen molar-refractivity contribution in [1.82, 2.24) is 9.88 Å². The molecule has 136 valence electrons. The van der Waals surface area contributed by atoms with Gasteiger partial charge in [-0.25, -0.2) is 4.39 Å². The molecule has 0 aliphatic rings. The van der Waals surface area contributed by atoms with Gasteiger partial charge in [0, 0.05) is 13.1 Å². The Hall–Kier alpha value is -2.92.